The van der Waals surface area contributed by atoms with E-state index in [0.29, 0.717) is 25.4 Å². The summed E-state index contributed by atoms with van der Waals surface area (Å²) in [6, 6.07) is 6.57. The highest BCUT2D eigenvalue weighted by atomic mass is 35.5. The van der Waals surface area contributed by atoms with Gasteiger partial charge in [0, 0.05) is 18.7 Å². The molecule has 10 heteroatoms. The van der Waals surface area contributed by atoms with Crippen LogP contribution in [0.1, 0.15) is 31.1 Å². The monoisotopic (exact) mass is 456 g/mol. The molecule has 0 saturated carbocycles. The minimum atomic E-state index is -3.76. The number of ether oxygens (including phenoxy) is 2. The van der Waals surface area contributed by atoms with Gasteiger partial charge in [0.15, 0.2) is 11.5 Å². The molecule has 0 unspecified atom stereocenters. The number of hydrogen-bond donors (Lipinski definition) is 2. The lowest BCUT2D eigenvalue weighted by atomic mass is 10.1. The molecule has 2 N–H and O–H groups in total. The summed E-state index contributed by atoms with van der Waals surface area (Å²) < 4.78 is 37.4. The van der Waals surface area contributed by atoms with Crippen LogP contribution >= 0.6 is 11.6 Å². The smallest absolute Gasteiger partial charge is 0.255 e. The Morgan fingerprint density at radius 3 is 2.40 bits per heavy atom. The highest BCUT2D eigenvalue weighted by molar-refractivity contribution is 7.89. The summed E-state index contributed by atoms with van der Waals surface area (Å²) in [6.07, 6.45) is 0. The molecule has 0 fully saturated rings. The SMILES string of the molecule is CCOc1c(Cl)cc(C(=O)Nc2cc(S(=O)(=O)N(CC)CC)ccc2O)cc1OC. The second-order valence-electron chi connectivity index (χ2n) is 6.14. The minimum absolute atomic E-state index is 0.0402. The Bertz CT molecular complexity index is 1020. The third kappa shape index (κ3) is 4.97. The number of phenolic OH excluding ortho intramolecular Hbond substituents is 1. The Morgan fingerprint density at radius 1 is 1.17 bits per heavy atom. The van der Waals surface area contributed by atoms with Gasteiger partial charge < -0.3 is 19.9 Å². The number of aromatic hydroxyl groups is 1. The Hall–Kier alpha value is -2.49. The fourth-order valence-corrected chi connectivity index (χ4v) is 4.57. The van der Waals surface area contributed by atoms with Crippen molar-refractivity contribution in [1.82, 2.24) is 4.31 Å². The number of rotatable bonds is 9. The summed E-state index contributed by atoms with van der Waals surface area (Å²) >= 11 is 6.20. The molecule has 0 atom stereocenters. The van der Waals surface area contributed by atoms with E-state index in [9.17, 15) is 18.3 Å². The van der Waals surface area contributed by atoms with Gasteiger partial charge in [-0.1, -0.05) is 25.4 Å². The average molecular weight is 457 g/mol. The van der Waals surface area contributed by atoms with E-state index in [0.717, 1.165) is 0 Å². The van der Waals surface area contributed by atoms with Crippen molar-refractivity contribution in [2.24, 2.45) is 0 Å². The van der Waals surface area contributed by atoms with E-state index in [2.05, 4.69) is 5.32 Å². The van der Waals surface area contributed by atoms with Crippen LogP contribution in [-0.2, 0) is 10.0 Å². The van der Waals surface area contributed by atoms with Gasteiger partial charge >= 0.3 is 0 Å². The van der Waals surface area contributed by atoms with Gasteiger partial charge in [0.2, 0.25) is 10.0 Å². The van der Waals surface area contributed by atoms with Crippen LogP contribution in [0.2, 0.25) is 5.02 Å². The van der Waals surface area contributed by atoms with Crippen molar-refractivity contribution in [3.8, 4) is 17.2 Å². The van der Waals surface area contributed by atoms with Crippen LogP contribution in [0, 0.1) is 0 Å². The lowest BCUT2D eigenvalue weighted by Gasteiger charge is -2.19. The van der Waals surface area contributed by atoms with Gasteiger partial charge in [-0.25, -0.2) is 8.42 Å². The molecule has 8 nitrogen and oxygen atoms in total. The van der Waals surface area contributed by atoms with Crippen LogP contribution in [0.5, 0.6) is 17.2 Å². The van der Waals surface area contributed by atoms with Gasteiger partial charge in [0.1, 0.15) is 5.75 Å². The molecule has 0 aliphatic carbocycles. The lowest BCUT2D eigenvalue weighted by Crippen LogP contribution is -2.30. The maximum atomic E-state index is 12.7. The molecule has 0 aliphatic heterocycles. The predicted molar refractivity (Wildman–Crippen MR) is 115 cm³/mol. The Balaban J connectivity index is 2.39. The minimum Gasteiger partial charge on any atom is -0.506 e. The average Bonchev–Trinajstić information content (AvgIpc) is 2.71. The van der Waals surface area contributed by atoms with Gasteiger partial charge in [-0.2, -0.15) is 4.31 Å². The zero-order valence-corrected chi connectivity index (χ0v) is 18.8. The zero-order valence-electron chi connectivity index (χ0n) is 17.2. The van der Waals surface area contributed by atoms with Gasteiger partial charge in [-0.15, -0.1) is 0 Å². The molecule has 2 rings (SSSR count). The number of carbonyl (C=O) groups is 1. The van der Waals surface area contributed by atoms with Crippen molar-refractivity contribution in [2.75, 3.05) is 32.1 Å². The first-order valence-corrected chi connectivity index (χ1v) is 11.2. The first kappa shape index (κ1) is 23.8. The van der Waals surface area contributed by atoms with E-state index in [-0.39, 0.29) is 32.7 Å². The Morgan fingerprint density at radius 2 is 1.83 bits per heavy atom. The largest absolute Gasteiger partial charge is 0.506 e. The number of hydrogen-bond acceptors (Lipinski definition) is 6. The highest BCUT2D eigenvalue weighted by Crippen LogP contribution is 2.37. The number of nitrogens with one attached hydrogen (secondary N) is 1. The van der Waals surface area contributed by atoms with Gasteiger partial charge in [-0.05, 0) is 37.3 Å². The number of amides is 1. The number of halogens is 1. The molecule has 2 aromatic carbocycles. The number of sulfonamides is 1. The van der Waals surface area contributed by atoms with Crippen molar-refractivity contribution in [3.63, 3.8) is 0 Å². The van der Waals surface area contributed by atoms with Crippen LogP contribution in [0.15, 0.2) is 35.2 Å². The van der Waals surface area contributed by atoms with Crippen LogP contribution < -0.4 is 14.8 Å². The number of nitrogens with zero attached hydrogens (tertiary/aromatic N) is 1. The topological polar surface area (TPSA) is 105 Å². The molecular formula is C20H25ClN2O6S. The number of benzene rings is 2. The molecule has 0 heterocycles. The molecule has 2 aromatic rings. The summed E-state index contributed by atoms with van der Waals surface area (Å²) in [7, 11) is -2.34. The number of phenols is 1. The van der Waals surface area contributed by atoms with Crippen LogP contribution in [0.4, 0.5) is 5.69 Å². The number of carbonyl (C=O) groups excluding carboxylic acids is 1. The third-order valence-corrected chi connectivity index (χ3v) is 6.67. The van der Waals surface area contributed by atoms with E-state index in [1.54, 1.807) is 20.8 Å². The van der Waals surface area contributed by atoms with Crippen molar-refractivity contribution < 1.29 is 27.8 Å². The summed E-state index contributed by atoms with van der Waals surface area (Å²) in [4.78, 5) is 12.7. The van der Waals surface area contributed by atoms with Crippen LogP contribution in [-0.4, -0.2) is 50.5 Å². The molecule has 0 aliphatic rings. The first-order valence-electron chi connectivity index (χ1n) is 9.34. The van der Waals surface area contributed by atoms with Crippen molar-refractivity contribution in [2.45, 2.75) is 25.7 Å². The molecule has 0 radical (unpaired) electrons. The van der Waals surface area contributed by atoms with Gasteiger partial charge in [0.25, 0.3) is 5.91 Å². The van der Waals surface area contributed by atoms with Crippen LogP contribution in [0.3, 0.4) is 0 Å². The predicted octanol–water partition coefficient (Wildman–Crippen LogP) is 3.74. The molecule has 0 bridgehead atoms. The molecule has 0 saturated heterocycles. The maximum Gasteiger partial charge on any atom is 0.255 e. The quantitative estimate of drug-likeness (QED) is 0.557. The molecule has 164 valence electrons. The highest BCUT2D eigenvalue weighted by Gasteiger charge is 2.23. The Kier molecular flexibility index (Phi) is 7.94. The first-order chi connectivity index (χ1) is 14.2. The summed E-state index contributed by atoms with van der Waals surface area (Å²) in [5, 5.41) is 12.8. The van der Waals surface area contributed by atoms with Gasteiger partial charge in [-0.3, -0.25) is 4.79 Å². The molecule has 1 amide bonds. The van der Waals surface area contributed by atoms with E-state index < -0.39 is 15.9 Å². The van der Waals surface area contributed by atoms with E-state index in [1.807, 2.05) is 0 Å². The second kappa shape index (κ2) is 10.0. The molecule has 0 aromatic heterocycles. The molecular weight excluding hydrogens is 432 g/mol. The lowest BCUT2D eigenvalue weighted by molar-refractivity contribution is 0.102. The van der Waals surface area contributed by atoms with Crippen molar-refractivity contribution in [3.05, 3.63) is 40.9 Å². The summed E-state index contributed by atoms with van der Waals surface area (Å²) in [6.45, 7) is 6.21. The van der Waals surface area contributed by atoms with E-state index >= 15 is 0 Å². The molecule has 30 heavy (non-hydrogen) atoms. The maximum absolute atomic E-state index is 12.7. The fraction of sp³-hybridized carbons (Fsp3) is 0.350. The second-order valence-corrected chi connectivity index (χ2v) is 8.49. The normalized spacial score (nSPS) is 11.4. The van der Waals surface area contributed by atoms with E-state index in [4.69, 9.17) is 21.1 Å². The van der Waals surface area contributed by atoms with Crippen LogP contribution in [0.25, 0.3) is 0 Å². The Labute approximate surface area is 181 Å². The van der Waals surface area contributed by atoms with E-state index in [1.165, 1.54) is 41.7 Å². The van der Waals surface area contributed by atoms with Gasteiger partial charge in [0.05, 0.1) is 29.3 Å². The van der Waals surface area contributed by atoms with Crippen molar-refractivity contribution in [1.29, 1.82) is 0 Å². The summed E-state index contributed by atoms with van der Waals surface area (Å²) in [5.74, 6) is -0.290. The fourth-order valence-electron chi connectivity index (χ4n) is 2.82. The number of methoxy groups -OCH3 is 1. The third-order valence-electron chi connectivity index (χ3n) is 4.34. The summed E-state index contributed by atoms with van der Waals surface area (Å²) in [5.41, 5.74) is 0.105. The molecule has 0 spiro atoms. The standard InChI is InChI=1S/C20H25ClN2O6S/c1-5-23(6-2)30(26,27)14-8-9-17(24)16(12-14)22-20(25)13-10-15(21)19(29-7-3)18(11-13)28-4/h8-12,24H,5-7H2,1-4H3,(H,22,25). The zero-order chi connectivity index (χ0) is 22.5. The number of anilines is 1. The van der Waals surface area contributed by atoms with Crippen molar-refractivity contribution >= 4 is 33.2 Å².